The molecule has 9 nitrogen and oxygen atoms in total. The van der Waals surface area contributed by atoms with Crippen molar-refractivity contribution in [2.75, 3.05) is 5.32 Å². The molecule has 0 aliphatic rings. The second kappa shape index (κ2) is 7.78. The van der Waals surface area contributed by atoms with Crippen molar-refractivity contribution < 1.29 is 4.92 Å². The van der Waals surface area contributed by atoms with Gasteiger partial charge in [-0.2, -0.15) is 5.10 Å². The number of aryl methyl sites for hydroxylation is 1. The lowest BCUT2D eigenvalue weighted by Gasteiger charge is -2.09. The molecule has 2 heterocycles. The summed E-state index contributed by atoms with van der Waals surface area (Å²) in [5.74, 6) is 0. The van der Waals surface area contributed by atoms with Crippen molar-refractivity contribution in [2.24, 2.45) is 0 Å². The first-order chi connectivity index (χ1) is 14.4. The number of nitro groups is 1. The first-order valence-corrected chi connectivity index (χ1v) is 9.40. The van der Waals surface area contributed by atoms with Gasteiger partial charge in [0.25, 0.3) is 11.2 Å². The van der Waals surface area contributed by atoms with Gasteiger partial charge in [-0.15, -0.1) is 0 Å². The number of anilines is 1. The van der Waals surface area contributed by atoms with Crippen LogP contribution in [-0.4, -0.2) is 24.7 Å². The largest absolute Gasteiger partial charge is 0.375 e. The Labute approximate surface area is 171 Å². The molecular weight excluding hydrogens is 384 g/mol. The summed E-state index contributed by atoms with van der Waals surface area (Å²) in [6, 6.07) is 12.8. The summed E-state index contributed by atoms with van der Waals surface area (Å²) in [6.45, 7) is 4.91. The van der Waals surface area contributed by atoms with Crippen LogP contribution in [0.5, 0.6) is 0 Å². The molecule has 0 fully saturated rings. The van der Waals surface area contributed by atoms with Gasteiger partial charge in [0.15, 0.2) is 0 Å². The summed E-state index contributed by atoms with van der Waals surface area (Å²) in [4.78, 5) is 29.5. The van der Waals surface area contributed by atoms with E-state index in [0.717, 1.165) is 22.5 Å². The Balaban J connectivity index is 1.63. The van der Waals surface area contributed by atoms with Gasteiger partial charge in [0.05, 0.1) is 34.4 Å². The van der Waals surface area contributed by atoms with Crippen molar-refractivity contribution in [3.05, 3.63) is 91.8 Å². The maximum absolute atomic E-state index is 11.9. The highest BCUT2D eigenvalue weighted by atomic mass is 16.6. The maximum atomic E-state index is 11.9. The summed E-state index contributed by atoms with van der Waals surface area (Å²) in [7, 11) is 0. The molecule has 0 aliphatic carbocycles. The third-order valence-corrected chi connectivity index (χ3v) is 5.12. The summed E-state index contributed by atoms with van der Waals surface area (Å²) in [5, 5.41) is 19.5. The molecule has 2 N–H and O–H groups in total. The Morgan fingerprint density at radius 3 is 2.70 bits per heavy atom. The second-order valence-corrected chi connectivity index (χ2v) is 7.02. The van der Waals surface area contributed by atoms with Gasteiger partial charge in [0, 0.05) is 23.9 Å². The topological polar surface area (TPSA) is 119 Å². The monoisotopic (exact) mass is 404 g/mol. The lowest BCUT2D eigenvalue weighted by atomic mass is 10.1. The van der Waals surface area contributed by atoms with Gasteiger partial charge in [-0.1, -0.05) is 30.3 Å². The molecular formula is C21H20N6O3. The van der Waals surface area contributed by atoms with Crippen molar-refractivity contribution in [3.63, 3.8) is 0 Å². The summed E-state index contributed by atoms with van der Waals surface area (Å²) in [5.41, 5.74) is 4.07. The van der Waals surface area contributed by atoms with E-state index in [2.05, 4.69) is 20.4 Å². The summed E-state index contributed by atoms with van der Waals surface area (Å²) < 4.78 is 1.93. The minimum Gasteiger partial charge on any atom is -0.375 e. The fourth-order valence-electron chi connectivity index (χ4n) is 3.48. The predicted molar refractivity (Wildman–Crippen MR) is 114 cm³/mol. The van der Waals surface area contributed by atoms with Gasteiger partial charge < -0.3 is 10.3 Å². The number of aromatic nitrogens is 4. The van der Waals surface area contributed by atoms with Crippen LogP contribution in [0.3, 0.4) is 0 Å². The van der Waals surface area contributed by atoms with E-state index in [4.69, 9.17) is 0 Å². The smallest absolute Gasteiger partial charge is 0.293 e. The van der Waals surface area contributed by atoms with Gasteiger partial charge in [-0.25, -0.2) is 4.98 Å². The van der Waals surface area contributed by atoms with E-state index in [-0.39, 0.29) is 11.1 Å². The minimum atomic E-state index is -0.507. The van der Waals surface area contributed by atoms with Crippen LogP contribution in [0.15, 0.2) is 53.6 Å². The number of nitrogens with one attached hydrogen (secondary N) is 2. The number of nitrogens with zero attached hydrogens (tertiary/aromatic N) is 4. The number of rotatable bonds is 6. The van der Waals surface area contributed by atoms with E-state index in [9.17, 15) is 14.9 Å². The van der Waals surface area contributed by atoms with Gasteiger partial charge >= 0.3 is 0 Å². The predicted octanol–water partition coefficient (Wildman–Crippen LogP) is 3.31. The quantitative estimate of drug-likeness (QED) is 0.376. The second-order valence-electron chi connectivity index (χ2n) is 7.02. The number of aromatic amines is 1. The molecule has 0 spiro atoms. The SMILES string of the molecule is Cc1nn(Cc2ccccc2)c(C)c1CNc1cc2nc[nH]c(=O)c2cc1[N+](=O)[O-]. The van der Waals surface area contributed by atoms with E-state index in [1.807, 2.05) is 48.9 Å². The van der Waals surface area contributed by atoms with Crippen molar-refractivity contribution in [2.45, 2.75) is 26.9 Å². The number of hydrogen-bond acceptors (Lipinski definition) is 6. The Morgan fingerprint density at radius 2 is 1.97 bits per heavy atom. The molecule has 0 saturated heterocycles. The number of hydrogen-bond donors (Lipinski definition) is 2. The van der Waals surface area contributed by atoms with Crippen LogP contribution in [-0.2, 0) is 13.1 Å². The molecule has 4 rings (SSSR count). The Bertz CT molecular complexity index is 1290. The van der Waals surface area contributed by atoms with Crippen LogP contribution in [0.4, 0.5) is 11.4 Å². The summed E-state index contributed by atoms with van der Waals surface area (Å²) >= 11 is 0. The van der Waals surface area contributed by atoms with Crippen molar-refractivity contribution in [3.8, 4) is 0 Å². The standard InChI is InChI=1S/C21H20N6O3/c1-13-17(14(2)26(25-13)11-15-6-4-3-5-7-15)10-22-19-9-18-16(8-20(19)27(29)30)21(28)24-12-23-18/h3-9,12,22H,10-11H2,1-2H3,(H,23,24,28). The third-order valence-electron chi connectivity index (χ3n) is 5.12. The van der Waals surface area contributed by atoms with Crippen LogP contribution in [0.1, 0.15) is 22.5 Å². The molecule has 0 saturated carbocycles. The molecule has 152 valence electrons. The number of H-pyrrole nitrogens is 1. The molecule has 4 aromatic rings. The van der Waals surface area contributed by atoms with Crippen LogP contribution in [0, 0.1) is 24.0 Å². The Kier molecular flexibility index (Phi) is 5.01. The van der Waals surface area contributed by atoms with E-state index in [1.54, 1.807) is 0 Å². The van der Waals surface area contributed by atoms with Crippen LogP contribution >= 0.6 is 0 Å². The zero-order valence-electron chi connectivity index (χ0n) is 16.5. The molecule has 0 aliphatic heterocycles. The first kappa shape index (κ1) is 19.3. The molecule has 0 radical (unpaired) electrons. The van der Waals surface area contributed by atoms with Crippen molar-refractivity contribution in [1.29, 1.82) is 0 Å². The zero-order valence-corrected chi connectivity index (χ0v) is 16.5. The third kappa shape index (κ3) is 3.64. The number of benzene rings is 2. The lowest BCUT2D eigenvalue weighted by molar-refractivity contribution is -0.383. The van der Waals surface area contributed by atoms with Crippen LogP contribution in [0.25, 0.3) is 10.9 Å². The molecule has 0 atom stereocenters. The zero-order chi connectivity index (χ0) is 21.3. The average molecular weight is 404 g/mol. The molecule has 2 aromatic heterocycles. The van der Waals surface area contributed by atoms with Crippen molar-refractivity contribution >= 4 is 22.3 Å². The highest BCUT2D eigenvalue weighted by molar-refractivity contribution is 5.86. The average Bonchev–Trinajstić information content (AvgIpc) is 2.99. The molecule has 0 amide bonds. The maximum Gasteiger partial charge on any atom is 0.293 e. The molecule has 0 bridgehead atoms. The van der Waals surface area contributed by atoms with E-state index < -0.39 is 10.5 Å². The fourth-order valence-corrected chi connectivity index (χ4v) is 3.48. The van der Waals surface area contributed by atoms with Crippen LogP contribution in [0.2, 0.25) is 0 Å². The van der Waals surface area contributed by atoms with E-state index in [0.29, 0.717) is 24.3 Å². The highest BCUT2D eigenvalue weighted by Gasteiger charge is 2.19. The minimum absolute atomic E-state index is 0.173. The van der Waals surface area contributed by atoms with E-state index >= 15 is 0 Å². The molecule has 9 heteroatoms. The molecule has 2 aromatic carbocycles. The van der Waals surface area contributed by atoms with Gasteiger partial charge in [-0.3, -0.25) is 19.6 Å². The van der Waals surface area contributed by atoms with Gasteiger partial charge in [0.1, 0.15) is 5.69 Å². The lowest BCUT2D eigenvalue weighted by Crippen LogP contribution is -2.09. The Morgan fingerprint density at radius 1 is 1.20 bits per heavy atom. The van der Waals surface area contributed by atoms with Crippen LogP contribution < -0.4 is 10.9 Å². The first-order valence-electron chi connectivity index (χ1n) is 9.40. The molecule has 30 heavy (non-hydrogen) atoms. The highest BCUT2D eigenvalue weighted by Crippen LogP contribution is 2.29. The van der Waals surface area contributed by atoms with Gasteiger partial charge in [-0.05, 0) is 25.5 Å². The van der Waals surface area contributed by atoms with Crippen molar-refractivity contribution in [1.82, 2.24) is 19.7 Å². The normalized spacial score (nSPS) is 11.0. The fraction of sp³-hybridized carbons (Fsp3) is 0.190. The van der Waals surface area contributed by atoms with E-state index in [1.165, 1.54) is 18.5 Å². The summed E-state index contributed by atoms with van der Waals surface area (Å²) in [6.07, 6.45) is 1.28. The molecule has 0 unspecified atom stereocenters. The van der Waals surface area contributed by atoms with Gasteiger partial charge in [0.2, 0.25) is 0 Å². The Hall–Kier alpha value is -4.01. The number of fused-ring (bicyclic) bond motifs is 1. The number of nitro benzene ring substituents is 1.